The molecule has 1 N–H and O–H groups in total. The van der Waals surface area contributed by atoms with Crippen LogP contribution in [-0.2, 0) is 9.53 Å². The summed E-state index contributed by atoms with van der Waals surface area (Å²) in [6.45, 7) is 9.15. The van der Waals surface area contributed by atoms with Crippen molar-refractivity contribution in [3.63, 3.8) is 0 Å². The van der Waals surface area contributed by atoms with E-state index < -0.39 is 0 Å². The van der Waals surface area contributed by atoms with E-state index in [0.717, 1.165) is 6.54 Å². The quantitative estimate of drug-likeness (QED) is 0.702. The second-order valence-corrected chi connectivity index (χ2v) is 3.40. The first kappa shape index (κ1) is 15.2. The molecule has 0 spiro atoms. The molecular formula is C9H20ClNO2. The molecule has 0 aliphatic rings. The Morgan fingerprint density at radius 1 is 1.38 bits per heavy atom. The van der Waals surface area contributed by atoms with E-state index in [4.69, 9.17) is 4.74 Å². The van der Waals surface area contributed by atoms with Crippen molar-refractivity contribution < 1.29 is 9.53 Å². The number of esters is 1. The molecule has 4 heteroatoms. The Balaban J connectivity index is 0. The molecule has 0 saturated carbocycles. The van der Waals surface area contributed by atoms with Gasteiger partial charge in [0.15, 0.2) is 0 Å². The first-order valence-corrected chi connectivity index (χ1v) is 4.42. The molecule has 3 nitrogen and oxygen atoms in total. The Bertz CT molecular complexity index is 149. The molecule has 0 aromatic carbocycles. The van der Waals surface area contributed by atoms with E-state index in [-0.39, 0.29) is 23.9 Å². The van der Waals surface area contributed by atoms with Crippen LogP contribution in [0.1, 0.15) is 34.1 Å². The third-order valence-electron chi connectivity index (χ3n) is 1.55. The van der Waals surface area contributed by atoms with Crippen molar-refractivity contribution >= 4 is 18.4 Å². The molecule has 0 rings (SSSR count). The van der Waals surface area contributed by atoms with Gasteiger partial charge in [-0.25, -0.2) is 0 Å². The monoisotopic (exact) mass is 209 g/mol. The number of hydrogen-bond acceptors (Lipinski definition) is 3. The Morgan fingerprint density at radius 3 is 2.31 bits per heavy atom. The number of hydrogen-bond donors (Lipinski definition) is 1. The lowest BCUT2D eigenvalue weighted by molar-refractivity contribution is -0.144. The molecule has 0 heterocycles. The molecule has 0 atom stereocenters. The molecule has 13 heavy (non-hydrogen) atoms. The minimum Gasteiger partial charge on any atom is -0.466 e. The molecule has 0 aromatic heterocycles. The van der Waals surface area contributed by atoms with Crippen LogP contribution in [0.25, 0.3) is 0 Å². The highest BCUT2D eigenvalue weighted by molar-refractivity contribution is 5.85. The van der Waals surface area contributed by atoms with Gasteiger partial charge in [-0.15, -0.1) is 12.4 Å². The minimum absolute atomic E-state index is 0. The zero-order valence-corrected chi connectivity index (χ0v) is 9.66. The van der Waals surface area contributed by atoms with Crippen molar-refractivity contribution in [3.05, 3.63) is 0 Å². The van der Waals surface area contributed by atoms with E-state index in [1.165, 1.54) is 0 Å². The van der Waals surface area contributed by atoms with Crippen molar-refractivity contribution in [3.8, 4) is 0 Å². The fourth-order valence-electron chi connectivity index (χ4n) is 1.11. The summed E-state index contributed by atoms with van der Waals surface area (Å²) in [5.74, 6) is -0.136. The predicted molar refractivity (Wildman–Crippen MR) is 56.3 cm³/mol. The maximum absolute atomic E-state index is 11.1. The maximum Gasteiger partial charge on any atom is 0.307 e. The van der Waals surface area contributed by atoms with Crippen LogP contribution in [0, 0.1) is 0 Å². The van der Waals surface area contributed by atoms with E-state index in [0.29, 0.717) is 13.0 Å². The number of rotatable bonds is 5. The largest absolute Gasteiger partial charge is 0.466 e. The lowest BCUT2D eigenvalue weighted by atomic mass is 10.0. The maximum atomic E-state index is 11.1. The van der Waals surface area contributed by atoms with Gasteiger partial charge in [0.2, 0.25) is 0 Å². The fraction of sp³-hybridized carbons (Fsp3) is 0.889. The molecule has 0 bridgehead atoms. The number of ether oxygens (including phenoxy) is 1. The van der Waals surface area contributed by atoms with Crippen LogP contribution in [0.2, 0.25) is 0 Å². The average molecular weight is 210 g/mol. The molecule has 0 aliphatic heterocycles. The second-order valence-electron chi connectivity index (χ2n) is 3.40. The summed E-state index contributed by atoms with van der Waals surface area (Å²) in [6.07, 6.45) is 0.425. The van der Waals surface area contributed by atoms with Gasteiger partial charge in [-0.1, -0.05) is 6.92 Å². The van der Waals surface area contributed by atoms with E-state index in [9.17, 15) is 4.79 Å². The highest BCUT2D eigenvalue weighted by atomic mass is 35.5. The average Bonchev–Trinajstić information content (AvgIpc) is 1.85. The van der Waals surface area contributed by atoms with Crippen LogP contribution in [0.4, 0.5) is 0 Å². The zero-order valence-electron chi connectivity index (χ0n) is 8.85. The van der Waals surface area contributed by atoms with Crippen molar-refractivity contribution in [2.24, 2.45) is 0 Å². The summed E-state index contributed by atoms with van der Waals surface area (Å²) in [6, 6.07) is 0. The summed E-state index contributed by atoms with van der Waals surface area (Å²) < 4.78 is 4.85. The third kappa shape index (κ3) is 8.06. The smallest absolute Gasteiger partial charge is 0.307 e. The molecule has 0 aromatic rings. The van der Waals surface area contributed by atoms with E-state index in [2.05, 4.69) is 5.32 Å². The standard InChI is InChI=1S/C9H19NO2.ClH/c1-5-10-9(3,4)7-8(11)12-6-2;/h10H,5-7H2,1-4H3;1H. The van der Waals surface area contributed by atoms with Gasteiger partial charge in [-0.05, 0) is 27.3 Å². The predicted octanol–water partition coefficient (Wildman–Crippen LogP) is 1.75. The van der Waals surface area contributed by atoms with Gasteiger partial charge in [0, 0.05) is 5.54 Å². The molecule has 80 valence electrons. The summed E-state index contributed by atoms with van der Waals surface area (Å²) >= 11 is 0. The second kappa shape index (κ2) is 7.15. The van der Waals surface area contributed by atoms with Gasteiger partial charge in [0.25, 0.3) is 0 Å². The van der Waals surface area contributed by atoms with E-state index in [1.807, 2.05) is 27.7 Å². The number of carbonyl (C=O) groups is 1. The van der Waals surface area contributed by atoms with Gasteiger partial charge < -0.3 is 10.1 Å². The number of nitrogens with one attached hydrogen (secondary N) is 1. The van der Waals surface area contributed by atoms with Gasteiger partial charge >= 0.3 is 5.97 Å². The number of carbonyl (C=O) groups excluding carboxylic acids is 1. The number of halogens is 1. The van der Waals surface area contributed by atoms with Crippen LogP contribution in [0.5, 0.6) is 0 Å². The normalized spacial score (nSPS) is 10.5. The fourth-order valence-corrected chi connectivity index (χ4v) is 1.11. The van der Waals surface area contributed by atoms with Crippen LogP contribution in [0.15, 0.2) is 0 Å². The molecule has 0 radical (unpaired) electrons. The van der Waals surface area contributed by atoms with Crippen LogP contribution >= 0.6 is 12.4 Å². The third-order valence-corrected chi connectivity index (χ3v) is 1.55. The van der Waals surface area contributed by atoms with Gasteiger partial charge in [-0.2, -0.15) is 0 Å². The Labute approximate surface area is 86.6 Å². The summed E-state index contributed by atoms with van der Waals surface area (Å²) in [7, 11) is 0. The van der Waals surface area contributed by atoms with Crippen molar-refractivity contribution in [1.29, 1.82) is 0 Å². The van der Waals surface area contributed by atoms with Crippen molar-refractivity contribution in [1.82, 2.24) is 5.32 Å². The van der Waals surface area contributed by atoms with Crippen molar-refractivity contribution in [2.75, 3.05) is 13.2 Å². The molecule has 0 saturated heterocycles. The van der Waals surface area contributed by atoms with E-state index >= 15 is 0 Å². The summed E-state index contributed by atoms with van der Waals surface area (Å²) in [4.78, 5) is 11.1. The van der Waals surface area contributed by atoms with Crippen LogP contribution in [-0.4, -0.2) is 24.7 Å². The Morgan fingerprint density at radius 2 is 1.92 bits per heavy atom. The Kier molecular flexibility index (Phi) is 8.37. The molecule has 0 unspecified atom stereocenters. The SMILES string of the molecule is CCNC(C)(C)CC(=O)OCC.Cl. The van der Waals surface area contributed by atoms with Gasteiger partial charge in [0.05, 0.1) is 13.0 Å². The lowest BCUT2D eigenvalue weighted by Gasteiger charge is -2.24. The highest BCUT2D eigenvalue weighted by Gasteiger charge is 2.20. The van der Waals surface area contributed by atoms with Crippen molar-refractivity contribution in [2.45, 2.75) is 39.7 Å². The highest BCUT2D eigenvalue weighted by Crippen LogP contribution is 2.08. The van der Waals surface area contributed by atoms with Gasteiger partial charge in [0.1, 0.15) is 0 Å². The van der Waals surface area contributed by atoms with Gasteiger partial charge in [-0.3, -0.25) is 4.79 Å². The van der Waals surface area contributed by atoms with Crippen LogP contribution < -0.4 is 5.32 Å². The summed E-state index contributed by atoms with van der Waals surface area (Å²) in [5.41, 5.74) is -0.152. The lowest BCUT2D eigenvalue weighted by Crippen LogP contribution is -2.41. The molecule has 0 aliphatic carbocycles. The molecule has 0 amide bonds. The molecular weight excluding hydrogens is 190 g/mol. The first-order valence-electron chi connectivity index (χ1n) is 4.42. The van der Waals surface area contributed by atoms with E-state index in [1.54, 1.807) is 0 Å². The minimum atomic E-state index is -0.152. The topological polar surface area (TPSA) is 38.3 Å². The molecule has 0 fully saturated rings. The Hall–Kier alpha value is -0.280. The summed E-state index contributed by atoms with van der Waals surface area (Å²) in [5, 5.41) is 3.21. The first-order chi connectivity index (χ1) is 5.52. The zero-order chi connectivity index (χ0) is 9.61. The van der Waals surface area contributed by atoms with Crippen LogP contribution in [0.3, 0.4) is 0 Å².